The van der Waals surface area contributed by atoms with E-state index in [-0.39, 0.29) is 118 Å². The third-order valence-electron chi connectivity index (χ3n) is 0.279. The summed E-state index contributed by atoms with van der Waals surface area (Å²) in [6, 6.07) is 0. The van der Waals surface area contributed by atoms with E-state index in [1.54, 1.807) is 0 Å². The van der Waals surface area contributed by atoms with Crippen molar-refractivity contribution in [3.63, 3.8) is 0 Å². The van der Waals surface area contributed by atoms with Gasteiger partial charge in [0, 0.05) is 0 Å². The summed E-state index contributed by atoms with van der Waals surface area (Å²) in [6.07, 6.45) is -1.69. The fraction of sp³-hybridized carbons (Fsp3) is 0. The molecule has 0 rings (SSSR count). The van der Waals surface area contributed by atoms with E-state index in [0.29, 0.717) is 0 Å². The third-order valence-corrected chi connectivity index (χ3v) is 0.836. The summed E-state index contributed by atoms with van der Waals surface area (Å²) in [5.41, 5.74) is 0. The van der Waals surface area contributed by atoms with Gasteiger partial charge < -0.3 is 8.37 Å². The summed E-state index contributed by atoms with van der Waals surface area (Å²) in [6.45, 7) is 0. The second-order valence-corrected chi connectivity index (χ2v) is 2.05. The molecule has 0 spiro atoms. The number of rotatable bonds is 2. The Bertz CT molecular complexity index is 167. The van der Waals surface area contributed by atoms with Crippen LogP contribution < -0.4 is 0 Å². The maximum absolute atomic E-state index is 9.91. The van der Waals surface area contributed by atoms with Crippen molar-refractivity contribution in [2.45, 2.75) is 0 Å². The molecular weight excluding hydrogens is 280 g/mol. The van der Waals surface area contributed by atoms with Gasteiger partial charge in [-0.1, -0.05) is 0 Å². The van der Waals surface area contributed by atoms with Crippen LogP contribution in [0.15, 0.2) is 0 Å². The zero-order chi connectivity index (χ0) is 8.15. The van der Waals surface area contributed by atoms with Gasteiger partial charge in [0.2, 0.25) is 0 Å². The van der Waals surface area contributed by atoms with Crippen molar-refractivity contribution >= 4 is 147 Å². The first-order valence-corrected chi connectivity index (χ1v) is 3.71. The van der Waals surface area contributed by atoms with E-state index in [1.165, 1.54) is 0 Å². The van der Waals surface area contributed by atoms with Crippen molar-refractivity contribution < 1.29 is 30.7 Å². The van der Waals surface area contributed by atoms with Crippen molar-refractivity contribution in [1.82, 2.24) is 0 Å². The van der Waals surface area contributed by atoms with Crippen LogP contribution in [0.2, 0.25) is 0 Å². The molecule has 0 aliphatic heterocycles. The summed E-state index contributed by atoms with van der Waals surface area (Å²) < 4.78 is 41.6. The number of hydrogen-bond donors (Lipinski definition) is 2. The molecule has 14 heavy (non-hydrogen) atoms. The number of hydrogen-bond acceptors (Lipinski definition) is 5. The van der Waals surface area contributed by atoms with Crippen LogP contribution >= 0.6 is 0 Å². The molecule has 0 aliphatic carbocycles. The molecule has 68 valence electrons. The van der Waals surface area contributed by atoms with Gasteiger partial charge in [0.15, 0.2) is 0 Å². The molecule has 7 nitrogen and oxygen atoms in total. The average Bonchev–Trinajstić information content (AvgIpc) is 1.58. The Morgan fingerprint density at radius 2 is 1.07 bits per heavy atom. The molecule has 0 saturated carbocycles. The molecule has 0 aliphatic rings. The predicted octanol–water partition coefficient (Wildman–Crippen LogP) is -3.18. The van der Waals surface area contributed by atoms with Crippen molar-refractivity contribution in [2.75, 3.05) is 0 Å². The molecule has 2 atom stereocenters. The van der Waals surface area contributed by atoms with Gasteiger partial charge in [-0.2, -0.15) is 8.42 Å². The quantitative estimate of drug-likeness (QED) is 0.407. The summed E-state index contributed by atoms with van der Waals surface area (Å²) in [5, 5.41) is 0. The first kappa shape index (κ1) is 30.5. The van der Waals surface area contributed by atoms with E-state index >= 15 is 0 Å². The van der Waals surface area contributed by atoms with Crippen LogP contribution in [0.25, 0.3) is 0 Å². The van der Waals surface area contributed by atoms with Crippen LogP contribution in [0.3, 0.4) is 0 Å². The van der Waals surface area contributed by atoms with Gasteiger partial charge in [-0.05, 0) is 0 Å². The van der Waals surface area contributed by atoms with Crippen LogP contribution in [-0.4, -0.2) is 142 Å². The zero-order valence-electron chi connectivity index (χ0n) is 4.25. The fourth-order valence-corrected chi connectivity index (χ4v) is 0.474. The maximum atomic E-state index is 9.91. The predicted molar refractivity (Wildman–Crippen MR) is 57.7 cm³/mol. The molecule has 0 amide bonds. The van der Waals surface area contributed by atoms with Gasteiger partial charge in [0.25, 0.3) is 0 Å². The zero-order valence-corrected chi connectivity index (χ0v) is 5.89. The number of carbonyl (C=O) groups is 1. The van der Waals surface area contributed by atoms with Gasteiger partial charge in [-0.3, -0.25) is 9.11 Å². The molecule has 2 unspecified atom stereocenters. The Morgan fingerprint density at radius 1 is 0.857 bits per heavy atom. The molecule has 0 aromatic heterocycles. The van der Waals surface area contributed by atoms with Crippen molar-refractivity contribution in [2.24, 2.45) is 0 Å². The molecule has 0 bridgehead atoms. The van der Waals surface area contributed by atoms with Gasteiger partial charge >= 0.3 is 147 Å². The second-order valence-electron chi connectivity index (χ2n) is 0.851. The second kappa shape index (κ2) is 18.8. The molecular formula is CH6Na4O7S2. The first-order valence-electron chi connectivity index (χ1n) is 1.64. The van der Waals surface area contributed by atoms with E-state index in [0.717, 1.165) is 0 Å². The first-order chi connectivity index (χ1) is 4.52. The van der Waals surface area contributed by atoms with Crippen LogP contribution in [0, 0.1) is 0 Å². The molecule has 0 aromatic carbocycles. The van der Waals surface area contributed by atoms with Gasteiger partial charge in [0.05, 0.1) is 0 Å². The minimum atomic E-state index is -2.83. The monoisotopic (exact) mass is 286 g/mol. The Kier molecular flexibility index (Phi) is 41.0. The summed E-state index contributed by atoms with van der Waals surface area (Å²) in [5.74, 6) is 0. The summed E-state index contributed by atoms with van der Waals surface area (Å²) in [7, 11) is 0. The van der Waals surface area contributed by atoms with Crippen LogP contribution in [0.4, 0.5) is 4.79 Å². The fourth-order valence-electron chi connectivity index (χ4n) is 0.130. The molecule has 0 saturated heterocycles. The van der Waals surface area contributed by atoms with Crippen molar-refractivity contribution in [3.8, 4) is 0 Å². The molecule has 0 heterocycles. The Hall–Kier alpha value is 3.49. The Morgan fingerprint density at radius 3 is 1.21 bits per heavy atom. The molecule has 0 fully saturated rings. The Balaban J connectivity index is -0.0000000675. The van der Waals surface area contributed by atoms with Crippen molar-refractivity contribution in [1.29, 1.82) is 0 Å². The van der Waals surface area contributed by atoms with Crippen LogP contribution in [0.5, 0.6) is 0 Å². The molecule has 0 radical (unpaired) electrons. The Labute approximate surface area is 174 Å². The average molecular weight is 286 g/mol. The summed E-state index contributed by atoms with van der Waals surface area (Å²) in [4.78, 5) is 9.91. The normalized spacial score (nSPS) is 11.0. The van der Waals surface area contributed by atoms with E-state index < -0.39 is 28.9 Å². The number of carbonyl (C=O) groups excluding carboxylic acids is 1. The van der Waals surface area contributed by atoms with Gasteiger partial charge in [-0.25, -0.2) is 4.79 Å². The SMILES string of the molecule is O=C(OS(=O)O)OS(=O)O.[NaH].[NaH].[NaH].[NaH]. The van der Waals surface area contributed by atoms with E-state index in [2.05, 4.69) is 8.37 Å². The van der Waals surface area contributed by atoms with Gasteiger partial charge in [-0.15, -0.1) is 0 Å². The molecule has 0 aromatic rings. The minimum absolute atomic E-state index is 0. The summed E-state index contributed by atoms with van der Waals surface area (Å²) >= 11 is -5.66. The topological polar surface area (TPSA) is 110 Å². The van der Waals surface area contributed by atoms with E-state index in [1.807, 2.05) is 0 Å². The van der Waals surface area contributed by atoms with Crippen LogP contribution in [0.1, 0.15) is 0 Å². The van der Waals surface area contributed by atoms with Gasteiger partial charge in [0.1, 0.15) is 0 Å². The standard InChI is InChI=1S/CH2O7S2.4Na.4H/c2-1(7-9(3)4)8-10(5)6;;;;;;;;/h(H,3,4)(H,5,6);;;;;;;;. The third kappa shape index (κ3) is 24.6. The van der Waals surface area contributed by atoms with Crippen LogP contribution in [-0.2, 0) is 31.1 Å². The van der Waals surface area contributed by atoms with E-state index in [9.17, 15) is 13.2 Å². The molecule has 2 N–H and O–H groups in total. The van der Waals surface area contributed by atoms with Crippen molar-refractivity contribution in [3.05, 3.63) is 0 Å². The van der Waals surface area contributed by atoms with E-state index in [4.69, 9.17) is 9.11 Å². The molecule has 13 heteroatoms.